The van der Waals surface area contributed by atoms with Crippen molar-refractivity contribution in [1.82, 2.24) is 9.88 Å². The monoisotopic (exact) mass is 414 g/mol. The Hall–Kier alpha value is -2.65. The minimum absolute atomic E-state index is 0.0661. The lowest BCUT2D eigenvalue weighted by molar-refractivity contribution is -0.384. The van der Waals surface area contributed by atoms with Gasteiger partial charge in [0, 0.05) is 48.8 Å². The number of rotatable bonds is 4. The van der Waals surface area contributed by atoms with E-state index in [-0.39, 0.29) is 11.6 Å². The van der Waals surface area contributed by atoms with Crippen LogP contribution in [0.15, 0.2) is 47.4 Å². The number of non-ortho nitro benzene ring substituents is 1. The highest BCUT2D eigenvalue weighted by Gasteiger charge is 2.24. The Morgan fingerprint density at radius 2 is 1.96 bits per heavy atom. The van der Waals surface area contributed by atoms with E-state index in [9.17, 15) is 14.9 Å². The van der Waals surface area contributed by atoms with Crippen molar-refractivity contribution in [3.8, 4) is 0 Å². The molecule has 1 aromatic heterocycles. The Morgan fingerprint density at radius 1 is 1.18 bits per heavy atom. The number of amides is 1. The number of nitro benzene ring substituents is 1. The van der Waals surface area contributed by atoms with Crippen LogP contribution in [0.5, 0.6) is 0 Å². The van der Waals surface area contributed by atoms with E-state index in [1.807, 2.05) is 6.07 Å². The van der Waals surface area contributed by atoms with Gasteiger partial charge in [0.05, 0.1) is 15.1 Å². The van der Waals surface area contributed by atoms with Crippen LogP contribution in [0.2, 0.25) is 0 Å². The maximum atomic E-state index is 12.7. The van der Waals surface area contributed by atoms with Gasteiger partial charge in [-0.25, -0.2) is 4.98 Å². The molecule has 1 aliphatic heterocycles. The van der Waals surface area contributed by atoms with Crippen LogP contribution >= 0.6 is 23.1 Å². The standard InChI is InChI=1S/C19H18N4O3S2/c1-27-15-5-6-16-17(12-15)28-19(20-16)22-9-7-21(8-10-22)18(24)13-3-2-4-14(11-13)23(25)26/h2-6,11-12H,7-10H2,1H3. The summed E-state index contributed by atoms with van der Waals surface area (Å²) in [6, 6.07) is 12.2. The number of hydrogen-bond donors (Lipinski definition) is 0. The first kappa shape index (κ1) is 18.7. The number of carbonyl (C=O) groups is 1. The van der Waals surface area contributed by atoms with Crippen LogP contribution in [0.25, 0.3) is 10.2 Å². The highest BCUT2D eigenvalue weighted by atomic mass is 32.2. The van der Waals surface area contributed by atoms with Gasteiger partial charge in [-0.1, -0.05) is 17.4 Å². The minimum atomic E-state index is -0.482. The summed E-state index contributed by atoms with van der Waals surface area (Å²) < 4.78 is 1.16. The predicted octanol–water partition coefficient (Wildman–Crippen LogP) is 3.89. The van der Waals surface area contributed by atoms with Crippen LogP contribution in [-0.2, 0) is 0 Å². The second-order valence-electron chi connectivity index (χ2n) is 6.42. The topological polar surface area (TPSA) is 79.6 Å². The summed E-state index contributed by atoms with van der Waals surface area (Å²) in [7, 11) is 0. The third-order valence-corrected chi connectivity index (χ3v) is 6.53. The van der Waals surface area contributed by atoms with Gasteiger partial charge in [-0.3, -0.25) is 14.9 Å². The number of carbonyl (C=O) groups excluding carboxylic acids is 1. The average Bonchev–Trinajstić information content (AvgIpc) is 3.16. The van der Waals surface area contributed by atoms with Gasteiger partial charge < -0.3 is 9.80 Å². The molecule has 1 saturated heterocycles. The number of thioether (sulfide) groups is 1. The Balaban J connectivity index is 1.45. The Kier molecular flexibility index (Phi) is 5.19. The van der Waals surface area contributed by atoms with E-state index in [1.54, 1.807) is 40.1 Å². The van der Waals surface area contributed by atoms with Crippen LogP contribution in [-0.4, -0.2) is 53.1 Å². The zero-order valence-electron chi connectivity index (χ0n) is 15.2. The van der Waals surface area contributed by atoms with Crippen LogP contribution in [0.4, 0.5) is 10.8 Å². The lowest BCUT2D eigenvalue weighted by atomic mass is 10.1. The third kappa shape index (κ3) is 3.67. The van der Waals surface area contributed by atoms with Crippen molar-refractivity contribution in [1.29, 1.82) is 0 Å². The molecule has 0 N–H and O–H groups in total. The molecular weight excluding hydrogens is 396 g/mol. The highest BCUT2D eigenvalue weighted by Crippen LogP contribution is 2.32. The predicted molar refractivity (Wildman–Crippen MR) is 113 cm³/mol. The van der Waals surface area contributed by atoms with Gasteiger partial charge in [0.1, 0.15) is 0 Å². The number of hydrogen-bond acceptors (Lipinski definition) is 7. The van der Waals surface area contributed by atoms with Crippen LogP contribution in [0.3, 0.4) is 0 Å². The number of thiazole rings is 1. The first-order valence-electron chi connectivity index (χ1n) is 8.78. The van der Waals surface area contributed by atoms with Crippen LogP contribution in [0, 0.1) is 10.1 Å². The lowest BCUT2D eigenvalue weighted by Crippen LogP contribution is -2.48. The van der Waals surface area contributed by atoms with E-state index in [0.29, 0.717) is 31.7 Å². The van der Waals surface area contributed by atoms with E-state index in [4.69, 9.17) is 4.98 Å². The Labute approximate surface area is 170 Å². The molecule has 0 aliphatic carbocycles. The molecule has 0 saturated carbocycles. The molecule has 0 bridgehead atoms. The SMILES string of the molecule is CSc1ccc2nc(N3CCN(C(=O)c4cccc([N+](=O)[O-])c4)CC3)sc2c1. The van der Waals surface area contributed by atoms with Crippen molar-refractivity contribution < 1.29 is 9.72 Å². The summed E-state index contributed by atoms with van der Waals surface area (Å²) in [5.74, 6) is -0.169. The molecular formula is C19H18N4O3S2. The van der Waals surface area contributed by atoms with Gasteiger partial charge >= 0.3 is 0 Å². The maximum absolute atomic E-state index is 12.7. The number of nitro groups is 1. The summed E-state index contributed by atoms with van der Waals surface area (Å²) in [4.78, 5) is 33.0. The molecule has 0 atom stereocenters. The van der Waals surface area contributed by atoms with E-state index in [0.717, 1.165) is 15.3 Å². The average molecular weight is 415 g/mol. The molecule has 0 radical (unpaired) electrons. The molecule has 1 fully saturated rings. The van der Waals surface area contributed by atoms with Crippen molar-refractivity contribution in [2.24, 2.45) is 0 Å². The third-order valence-electron chi connectivity index (χ3n) is 4.73. The summed E-state index contributed by atoms with van der Waals surface area (Å²) in [6.45, 7) is 2.51. The molecule has 3 aromatic rings. The van der Waals surface area contributed by atoms with E-state index < -0.39 is 4.92 Å². The second kappa shape index (κ2) is 7.76. The number of benzene rings is 2. The fraction of sp³-hybridized carbons (Fsp3) is 0.263. The quantitative estimate of drug-likeness (QED) is 0.366. The van der Waals surface area contributed by atoms with Gasteiger partial charge in [-0.15, -0.1) is 11.8 Å². The number of fused-ring (bicyclic) bond motifs is 1. The summed E-state index contributed by atoms with van der Waals surface area (Å²) in [6.07, 6.45) is 2.06. The largest absolute Gasteiger partial charge is 0.345 e. The number of nitrogens with zero attached hydrogens (tertiary/aromatic N) is 4. The molecule has 2 heterocycles. The lowest BCUT2D eigenvalue weighted by Gasteiger charge is -2.34. The smallest absolute Gasteiger partial charge is 0.270 e. The highest BCUT2D eigenvalue weighted by molar-refractivity contribution is 7.98. The Bertz CT molecular complexity index is 1040. The van der Waals surface area contributed by atoms with Gasteiger partial charge in [0.2, 0.25) is 0 Å². The maximum Gasteiger partial charge on any atom is 0.270 e. The van der Waals surface area contributed by atoms with Crippen molar-refractivity contribution in [2.45, 2.75) is 4.90 Å². The molecule has 7 nitrogen and oxygen atoms in total. The molecule has 1 aliphatic rings. The normalized spacial score (nSPS) is 14.5. The van der Waals surface area contributed by atoms with E-state index in [1.165, 1.54) is 17.0 Å². The summed E-state index contributed by atoms with van der Waals surface area (Å²) >= 11 is 3.38. The fourth-order valence-electron chi connectivity index (χ4n) is 3.19. The minimum Gasteiger partial charge on any atom is -0.345 e. The van der Waals surface area contributed by atoms with Gasteiger partial charge in [-0.2, -0.15) is 0 Å². The van der Waals surface area contributed by atoms with E-state index >= 15 is 0 Å². The zero-order valence-corrected chi connectivity index (χ0v) is 16.8. The van der Waals surface area contributed by atoms with Gasteiger partial charge in [-0.05, 0) is 30.5 Å². The molecule has 4 rings (SSSR count). The van der Waals surface area contributed by atoms with Gasteiger partial charge in [0.25, 0.3) is 11.6 Å². The van der Waals surface area contributed by atoms with Crippen molar-refractivity contribution in [3.63, 3.8) is 0 Å². The molecule has 0 spiro atoms. The Morgan fingerprint density at radius 3 is 2.68 bits per heavy atom. The molecule has 144 valence electrons. The van der Waals surface area contributed by atoms with Gasteiger partial charge in [0.15, 0.2) is 5.13 Å². The van der Waals surface area contributed by atoms with Crippen LogP contribution in [0.1, 0.15) is 10.4 Å². The molecule has 9 heteroatoms. The summed E-state index contributed by atoms with van der Waals surface area (Å²) in [5, 5.41) is 11.9. The molecule has 0 unspecified atom stereocenters. The number of aromatic nitrogens is 1. The first-order chi connectivity index (χ1) is 13.5. The first-order valence-corrected chi connectivity index (χ1v) is 10.8. The van der Waals surface area contributed by atoms with Crippen molar-refractivity contribution >= 4 is 50.0 Å². The number of anilines is 1. The zero-order chi connectivity index (χ0) is 19.7. The molecule has 2 aromatic carbocycles. The van der Waals surface area contributed by atoms with Crippen molar-refractivity contribution in [2.75, 3.05) is 37.3 Å². The number of piperazine rings is 1. The summed E-state index contributed by atoms with van der Waals surface area (Å²) in [5.41, 5.74) is 1.28. The van der Waals surface area contributed by atoms with Crippen molar-refractivity contribution in [3.05, 3.63) is 58.1 Å². The fourth-order valence-corrected chi connectivity index (χ4v) is 4.76. The second-order valence-corrected chi connectivity index (χ2v) is 8.31. The van der Waals surface area contributed by atoms with E-state index in [2.05, 4.69) is 23.3 Å². The molecule has 28 heavy (non-hydrogen) atoms. The van der Waals surface area contributed by atoms with Crippen LogP contribution < -0.4 is 4.90 Å². The molecule has 1 amide bonds.